The summed E-state index contributed by atoms with van der Waals surface area (Å²) in [5.74, 6) is -0.299. The Hall–Kier alpha value is -2.78. The van der Waals surface area contributed by atoms with Crippen molar-refractivity contribution < 1.29 is 9.59 Å². The van der Waals surface area contributed by atoms with E-state index in [1.165, 1.54) is 4.68 Å². The summed E-state index contributed by atoms with van der Waals surface area (Å²) in [5.41, 5.74) is 0.0266. The van der Waals surface area contributed by atoms with Gasteiger partial charge in [0.15, 0.2) is 5.69 Å². The molecule has 2 N–H and O–H groups in total. The molecule has 29 heavy (non-hydrogen) atoms. The topological polar surface area (TPSA) is 99.6 Å². The molecule has 9 heteroatoms. The standard InChI is InChI=1S/C20H28N6O3/c1-14(2)22-17(27)12-24-8-10-25(11-9-24)13-26-20(29)16-7-5-4-6-15(16)18(23-26)19(28)21-3/h4-7,14H,8-13H2,1-3H3,(H,21,28)(H,22,27). The van der Waals surface area contributed by atoms with Crippen LogP contribution in [0.4, 0.5) is 0 Å². The fourth-order valence-corrected chi connectivity index (χ4v) is 3.47. The lowest BCUT2D eigenvalue weighted by molar-refractivity contribution is -0.123. The highest BCUT2D eigenvalue weighted by Gasteiger charge is 2.21. The van der Waals surface area contributed by atoms with Gasteiger partial charge in [-0.2, -0.15) is 5.10 Å². The Morgan fingerprint density at radius 1 is 1.07 bits per heavy atom. The van der Waals surface area contributed by atoms with Gasteiger partial charge in [0.1, 0.15) is 0 Å². The van der Waals surface area contributed by atoms with E-state index in [1.54, 1.807) is 31.3 Å². The number of amides is 2. The Bertz CT molecular complexity index is 947. The number of rotatable bonds is 6. The third-order valence-electron chi connectivity index (χ3n) is 4.93. The summed E-state index contributed by atoms with van der Waals surface area (Å²) in [6.07, 6.45) is 0. The van der Waals surface area contributed by atoms with E-state index >= 15 is 0 Å². The number of benzene rings is 1. The molecule has 3 rings (SSSR count). The van der Waals surface area contributed by atoms with Gasteiger partial charge in [-0.15, -0.1) is 0 Å². The molecule has 1 saturated heterocycles. The maximum Gasteiger partial charge on any atom is 0.275 e. The molecule has 1 aliphatic rings. The molecule has 0 spiro atoms. The van der Waals surface area contributed by atoms with Crippen molar-refractivity contribution in [3.05, 3.63) is 40.3 Å². The maximum absolute atomic E-state index is 12.9. The van der Waals surface area contributed by atoms with Gasteiger partial charge in [-0.05, 0) is 19.9 Å². The van der Waals surface area contributed by atoms with Gasteiger partial charge in [0.05, 0.1) is 18.6 Å². The third-order valence-corrected chi connectivity index (χ3v) is 4.93. The first-order valence-corrected chi connectivity index (χ1v) is 9.85. The number of hydrogen-bond acceptors (Lipinski definition) is 6. The molecule has 0 saturated carbocycles. The molecule has 0 radical (unpaired) electrons. The molecular weight excluding hydrogens is 372 g/mol. The van der Waals surface area contributed by atoms with Crippen molar-refractivity contribution in [1.29, 1.82) is 0 Å². The maximum atomic E-state index is 12.9. The smallest absolute Gasteiger partial charge is 0.275 e. The van der Waals surface area contributed by atoms with E-state index in [9.17, 15) is 14.4 Å². The number of carbonyl (C=O) groups excluding carboxylic acids is 2. The molecule has 0 aliphatic carbocycles. The van der Waals surface area contributed by atoms with Crippen LogP contribution >= 0.6 is 0 Å². The quantitative estimate of drug-likeness (QED) is 0.700. The fraction of sp³-hybridized carbons (Fsp3) is 0.500. The molecule has 0 atom stereocenters. The van der Waals surface area contributed by atoms with Crippen molar-refractivity contribution in [3.63, 3.8) is 0 Å². The Labute approximate surface area is 169 Å². The summed E-state index contributed by atoms with van der Waals surface area (Å²) in [4.78, 5) is 41.3. The zero-order valence-corrected chi connectivity index (χ0v) is 17.1. The number of aromatic nitrogens is 2. The second-order valence-corrected chi connectivity index (χ2v) is 7.54. The molecule has 156 valence electrons. The lowest BCUT2D eigenvalue weighted by atomic mass is 10.1. The predicted octanol–water partition coefficient (Wildman–Crippen LogP) is -0.144. The first-order chi connectivity index (χ1) is 13.9. The summed E-state index contributed by atoms with van der Waals surface area (Å²) in [5, 5.41) is 10.9. The van der Waals surface area contributed by atoms with Crippen molar-refractivity contribution in [2.24, 2.45) is 0 Å². The van der Waals surface area contributed by atoms with Crippen LogP contribution in [0.1, 0.15) is 24.3 Å². The molecule has 0 unspecified atom stereocenters. The van der Waals surface area contributed by atoms with Crippen molar-refractivity contribution in [2.75, 3.05) is 39.8 Å². The van der Waals surface area contributed by atoms with Gasteiger partial charge >= 0.3 is 0 Å². The van der Waals surface area contributed by atoms with Gasteiger partial charge in [0, 0.05) is 44.7 Å². The summed E-state index contributed by atoms with van der Waals surface area (Å²) < 4.78 is 1.36. The van der Waals surface area contributed by atoms with Gasteiger partial charge in [-0.25, -0.2) is 4.68 Å². The summed E-state index contributed by atoms with van der Waals surface area (Å²) in [7, 11) is 1.54. The highest BCUT2D eigenvalue weighted by molar-refractivity contribution is 6.04. The monoisotopic (exact) mass is 400 g/mol. The molecule has 0 bridgehead atoms. The van der Waals surface area contributed by atoms with E-state index in [0.717, 1.165) is 13.1 Å². The molecule has 9 nitrogen and oxygen atoms in total. The number of nitrogens with zero attached hydrogens (tertiary/aromatic N) is 4. The Morgan fingerprint density at radius 3 is 2.31 bits per heavy atom. The molecular formula is C20H28N6O3. The van der Waals surface area contributed by atoms with Crippen molar-refractivity contribution in [2.45, 2.75) is 26.6 Å². The molecule has 1 aliphatic heterocycles. The molecule has 2 heterocycles. The van der Waals surface area contributed by atoms with Crippen LogP contribution in [-0.4, -0.2) is 77.2 Å². The molecule has 1 aromatic carbocycles. The van der Waals surface area contributed by atoms with Crippen LogP contribution in [0.2, 0.25) is 0 Å². The largest absolute Gasteiger partial charge is 0.354 e. The van der Waals surface area contributed by atoms with E-state index in [4.69, 9.17) is 0 Å². The normalized spacial score (nSPS) is 15.6. The molecule has 1 aromatic heterocycles. The Morgan fingerprint density at radius 2 is 1.69 bits per heavy atom. The van der Waals surface area contributed by atoms with E-state index in [2.05, 4.69) is 25.5 Å². The number of fused-ring (bicyclic) bond motifs is 1. The van der Waals surface area contributed by atoms with E-state index < -0.39 is 0 Å². The highest BCUT2D eigenvalue weighted by Crippen LogP contribution is 2.13. The van der Waals surface area contributed by atoms with Crippen LogP contribution in [0, 0.1) is 0 Å². The van der Waals surface area contributed by atoms with E-state index in [0.29, 0.717) is 37.1 Å². The van der Waals surface area contributed by atoms with Crippen LogP contribution < -0.4 is 16.2 Å². The molecule has 2 aromatic rings. The minimum Gasteiger partial charge on any atom is -0.354 e. The second-order valence-electron chi connectivity index (χ2n) is 7.54. The minimum atomic E-state index is -0.323. The van der Waals surface area contributed by atoms with Crippen LogP contribution in [0.5, 0.6) is 0 Å². The van der Waals surface area contributed by atoms with Crippen molar-refractivity contribution >= 4 is 22.6 Å². The lowest BCUT2D eigenvalue weighted by Crippen LogP contribution is -2.51. The highest BCUT2D eigenvalue weighted by atomic mass is 16.2. The van der Waals surface area contributed by atoms with Gasteiger partial charge in [0.2, 0.25) is 5.91 Å². The van der Waals surface area contributed by atoms with Crippen LogP contribution in [0.25, 0.3) is 10.8 Å². The van der Waals surface area contributed by atoms with Gasteiger partial charge in [-0.3, -0.25) is 24.2 Å². The average Bonchev–Trinajstić information content (AvgIpc) is 2.70. The SMILES string of the molecule is CNC(=O)c1nn(CN2CCN(CC(=O)NC(C)C)CC2)c(=O)c2ccccc12. The third kappa shape index (κ3) is 4.99. The van der Waals surface area contributed by atoms with Gasteiger partial charge in [0.25, 0.3) is 11.5 Å². The number of hydrogen-bond donors (Lipinski definition) is 2. The summed E-state index contributed by atoms with van der Waals surface area (Å²) in [6.45, 7) is 7.46. The Kier molecular flexibility index (Phi) is 6.60. The van der Waals surface area contributed by atoms with Crippen molar-refractivity contribution in [1.82, 2.24) is 30.2 Å². The number of nitrogens with one attached hydrogen (secondary N) is 2. The zero-order chi connectivity index (χ0) is 21.0. The molecule has 1 fully saturated rings. The lowest BCUT2D eigenvalue weighted by Gasteiger charge is -2.34. The first kappa shape index (κ1) is 20.9. The zero-order valence-electron chi connectivity index (χ0n) is 17.1. The first-order valence-electron chi connectivity index (χ1n) is 9.85. The van der Waals surface area contributed by atoms with Crippen LogP contribution in [0.3, 0.4) is 0 Å². The van der Waals surface area contributed by atoms with E-state index in [1.807, 2.05) is 13.8 Å². The van der Waals surface area contributed by atoms with Gasteiger partial charge < -0.3 is 10.6 Å². The molecule has 2 amide bonds. The van der Waals surface area contributed by atoms with E-state index in [-0.39, 0.29) is 29.1 Å². The predicted molar refractivity (Wildman–Crippen MR) is 111 cm³/mol. The van der Waals surface area contributed by atoms with Crippen LogP contribution in [-0.2, 0) is 11.5 Å². The number of carbonyl (C=O) groups is 2. The van der Waals surface area contributed by atoms with Gasteiger partial charge in [-0.1, -0.05) is 18.2 Å². The van der Waals surface area contributed by atoms with Crippen LogP contribution in [0.15, 0.2) is 29.1 Å². The fourth-order valence-electron chi connectivity index (χ4n) is 3.47. The van der Waals surface area contributed by atoms with Crippen molar-refractivity contribution in [3.8, 4) is 0 Å². The summed E-state index contributed by atoms with van der Waals surface area (Å²) in [6, 6.07) is 7.15. The average molecular weight is 400 g/mol. The second kappa shape index (κ2) is 9.15. The Balaban J connectivity index is 1.71. The minimum absolute atomic E-state index is 0.0242. The summed E-state index contributed by atoms with van der Waals surface area (Å²) >= 11 is 0. The number of piperazine rings is 1.